The van der Waals surface area contributed by atoms with Gasteiger partial charge in [-0.2, -0.15) is 4.98 Å². The van der Waals surface area contributed by atoms with Crippen molar-refractivity contribution in [1.82, 2.24) is 14.6 Å². The van der Waals surface area contributed by atoms with E-state index in [4.69, 9.17) is 5.73 Å². The average Bonchev–Trinajstić information content (AvgIpc) is 2.80. The highest BCUT2D eigenvalue weighted by molar-refractivity contribution is 5.45. The van der Waals surface area contributed by atoms with Gasteiger partial charge in [-0.1, -0.05) is 18.2 Å². The standard InChI is InChI=1S/C14H15N5/c1-10-2-7-13-17-14(18-19(13)9-10)16-8-11-3-5-12(15)6-4-11/h2-7,9H,8,15H2,1H3,(H,16,18). The molecule has 3 N–H and O–H groups in total. The maximum absolute atomic E-state index is 5.65. The molecule has 3 aromatic rings. The third kappa shape index (κ3) is 2.49. The number of rotatable bonds is 3. The summed E-state index contributed by atoms with van der Waals surface area (Å²) in [5.41, 5.74) is 9.56. The average molecular weight is 253 g/mol. The van der Waals surface area contributed by atoms with E-state index in [-0.39, 0.29) is 0 Å². The molecular weight excluding hydrogens is 238 g/mol. The molecule has 3 rings (SSSR count). The van der Waals surface area contributed by atoms with Crippen LogP contribution in [-0.4, -0.2) is 14.6 Å². The van der Waals surface area contributed by atoms with Crippen molar-refractivity contribution in [2.45, 2.75) is 13.5 Å². The molecule has 0 aliphatic heterocycles. The number of pyridine rings is 1. The van der Waals surface area contributed by atoms with Gasteiger partial charge in [-0.15, -0.1) is 5.10 Å². The van der Waals surface area contributed by atoms with Crippen molar-refractivity contribution in [3.05, 3.63) is 53.7 Å². The lowest BCUT2D eigenvalue weighted by Crippen LogP contribution is -2.01. The molecule has 0 amide bonds. The largest absolute Gasteiger partial charge is 0.399 e. The number of aromatic nitrogens is 3. The zero-order valence-electron chi connectivity index (χ0n) is 10.7. The number of nitrogens with zero attached hydrogens (tertiary/aromatic N) is 3. The first kappa shape index (κ1) is 11.5. The molecule has 5 heteroatoms. The van der Waals surface area contributed by atoms with E-state index in [1.54, 1.807) is 4.52 Å². The molecule has 0 aliphatic carbocycles. The highest BCUT2D eigenvalue weighted by atomic mass is 15.3. The summed E-state index contributed by atoms with van der Waals surface area (Å²) in [4.78, 5) is 4.40. The SMILES string of the molecule is Cc1ccc2nc(NCc3ccc(N)cc3)nn2c1. The first-order valence-corrected chi connectivity index (χ1v) is 6.12. The quantitative estimate of drug-likeness (QED) is 0.702. The number of fused-ring (bicyclic) bond motifs is 1. The van der Waals surface area contributed by atoms with Crippen LogP contribution in [0.2, 0.25) is 0 Å². The van der Waals surface area contributed by atoms with E-state index in [2.05, 4.69) is 15.4 Å². The van der Waals surface area contributed by atoms with Gasteiger partial charge in [0.1, 0.15) is 0 Å². The number of hydrogen-bond acceptors (Lipinski definition) is 4. The highest BCUT2D eigenvalue weighted by Crippen LogP contribution is 2.10. The van der Waals surface area contributed by atoms with Gasteiger partial charge in [0.25, 0.3) is 0 Å². The summed E-state index contributed by atoms with van der Waals surface area (Å²) in [6.45, 7) is 2.71. The highest BCUT2D eigenvalue weighted by Gasteiger charge is 2.02. The van der Waals surface area contributed by atoms with Crippen LogP contribution in [0.15, 0.2) is 42.6 Å². The summed E-state index contributed by atoms with van der Waals surface area (Å²) in [5, 5.41) is 7.58. The Balaban J connectivity index is 1.76. The third-order valence-electron chi connectivity index (χ3n) is 2.91. The van der Waals surface area contributed by atoms with Crippen LogP contribution in [0.1, 0.15) is 11.1 Å². The summed E-state index contributed by atoms with van der Waals surface area (Å²) < 4.78 is 1.78. The van der Waals surface area contributed by atoms with Gasteiger partial charge in [0.15, 0.2) is 5.65 Å². The molecule has 2 aromatic heterocycles. The Morgan fingerprint density at radius 3 is 2.74 bits per heavy atom. The maximum atomic E-state index is 5.65. The Bertz CT molecular complexity index is 699. The monoisotopic (exact) mass is 253 g/mol. The maximum Gasteiger partial charge on any atom is 0.243 e. The van der Waals surface area contributed by atoms with Crippen molar-refractivity contribution in [3.63, 3.8) is 0 Å². The zero-order valence-corrected chi connectivity index (χ0v) is 10.7. The van der Waals surface area contributed by atoms with E-state index >= 15 is 0 Å². The van der Waals surface area contributed by atoms with E-state index in [1.165, 1.54) is 0 Å². The minimum absolute atomic E-state index is 0.627. The van der Waals surface area contributed by atoms with E-state index in [0.717, 1.165) is 22.5 Å². The van der Waals surface area contributed by atoms with Gasteiger partial charge in [-0.05, 0) is 36.2 Å². The second-order valence-corrected chi connectivity index (χ2v) is 4.54. The normalized spacial score (nSPS) is 10.8. The predicted molar refractivity (Wildman–Crippen MR) is 75.9 cm³/mol. The van der Waals surface area contributed by atoms with Gasteiger partial charge in [-0.3, -0.25) is 0 Å². The minimum atomic E-state index is 0.627. The van der Waals surface area contributed by atoms with Crippen LogP contribution in [0, 0.1) is 6.92 Å². The molecule has 1 aromatic carbocycles. The predicted octanol–water partition coefficient (Wildman–Crippen LogP) is 2.23. The second kappa shape index (κ2) is 4.61. The van der Waals surface area contributed by atoms with Crippen LogP contribution in [-0.2, 0) is 6.54 Å². The Kier molecular flexibility index (Phi) is 2.79. The van der Waals surface area contributed by atoms with E-state index < -0.39 is 0 Å². The number of anilines is 2. The van der Waals surface area contributed by atoms with Crippen LogP contribution in [0.3, 0.4) is 0 Å². The zero-order chi connectivity index (χ0) is 13.2. The molecule has 2 heterocycles. The van der Waals surface area contributed by atoms with Gasteiger partial charge < -0.3 is 11.1 Å². The summed E-state index contributed by atoms with van der Waals surface area (Å²) in [6, 6.07) is 11.7. The van der Waals surface area contributed by atoms with Crippen molar-refractivity contribution in [2.24, 2.45) is 0 Å². The fraction of sp³-hybridized carbons (Fsp3) is 0.143. The third-order valence-corrected chi connectivity index (χ3v) is 2.91. The van der Waals surface area contributed by atoms with E-state index in [1.807, 2.05) is 49.5 Å². The molecule has 5 nitrogen and oxygen atoms in total. The lowest BCUT2D eigenvalue weighted by Gasteiger charge is -2.02. The van der Waals surface area contributed by atoms with Crippen molar-refractivity contribution in [2.75, 3.05) is 11.1 Å². The Morgan fingerprint density at radius 2 is 1.95 bits per heavy atom. The molecule has 96 valence electrons. The molecule has 0 unspecified atom stereocenters. The first-order valence-electron chi connectivity index (χ1n) is 6.12. The summed E-state index contributed by atoms with van der Waals surface area (Å²) in [5.74, 6) is 0.627. The van der Waals surface area contributed by atoms with Gasteiger partial charge in [0.2, 0.25) is 5.95 Å². The number of aryl methyl sites for hydroxylation is 1. The minimum Gasteiger partial charge on any atom is -0.399 e. The number of hydrogen-bond donors (Lipinski definition) is 2. The fourth-order valence-electron chi connectivity index (χ4n) is 1.88. The molecule has 0 bridgehead atoms. The van der Waals surface area contributed by atoms with Crippen molar-refractivity contribution in [1.29, 1.82) is 0 Å². The number of nitrogens with two attached hydrogens (primary N) is 1. The molecule has 0 spiro atoms. The lowest BCUT2D eigenvalue weighted by atomic mass is 10.2. The van der Waals surface area contributed by atoms with E-state index in [0.29, 0.717) is 12.5 Å². The molecular formula is C14H15N5. The Hall–Kier alpha value is -2.56. The number of benzene rings is 1. The van der Waals surface area contributed by atoms with E-state index in [9.17, 15) is 0 Å². The fourth-order valence-corrected chi connectivity index (χ4v) is 1.88. The first-order chi connectivity index (χ1) is 9.20. The molecule has 0 radical (unpaired) electrons. The summed E-state index contributed by atoms with van der Waals surface area (Å²) >= 11 is 0. The molecule has 0 aliphatic rings. The Morgan fingerprint density at radius 1 is 1.16 bits per heavy atom. The van der Waals surface area contributed by atoms with Gasteiger partial charge in [0, 0.05) is 18.4 Å². The van der Waals surface area contributed by atoms with Crippen LogP contribution >= 0.6 is 0 Å². The smallest absolute Gasteiger partial charge is 0.243 e. The van der Waals surface area contributed by atoms with Gasteiger partial charge in [-0.25, -0.2) is 4.52 Å². The molecule has 19 heavy (non-hydrogen) atoms. The lowest BCUT2D eigenvalue weighted by molar-refractivity contribution is 0.942. The number of nitrogen functional groups attached to an aromatic ring is 1. The van der Waals surface area contributed by atoms with Crippen LogP contribution in [0.5, 0.6) is 0 Å². The van der Waals surface area contributed by atoms with Crippen molar-refractivity contribution in [3.8, 4) is 0 Å². The molecule has 0 saturated heterocycles. The van der Waals surface area contributed by atoms with Crippen LogP contribution in [0.4, 0.5) is 11.6 Å². The van der Waals surface area contributed by atoms with Crippen LogP contribution < -0.4 is 11.1 Å². The number of nitrogens with one attached hydrogen (secondary N) is 1. The van der Waals surface area contributed by atoms with Crippen molar-refractivity contribution < 1.29 is 0 Å². The molecule has 0 saturated carbocycles. The topological polar surface area (TPSA) is 68.2 Å². The summed E-state index contributed by atoms with van der Waals surface area (Å²) in [6.07, 6.45) is 1.96. The van der Waals surface area contributed by atoms with Gasteiger partial charge in [0.05, 0.1) is 0 Å². The molecule has 0 fully saturated rings. The van der Waals surface area contributed by atoms with Gasteiger partial charge >= 0.3 is 0 Å². The Labute approximate surface area is 111 Å². The second-order valence-electron chi connectivity index (χ2n) is 4.54. The van der Waals surface area contributed by atoms with Crippen molar-refractivity contribution >= 4 is 17.3 Å². The summed E-state index contributed by atoms with van der Waals surface area (Å²) in [7, 11) is 0. The molecule has 0 atom stereocenters. The van der Waals surface area contributed by atoms with Crippen LogP contribution in [0.25, 0.3) is 5.65 Å².